The minimum Gasteiger partial charge on any atom is -0.355 e. The fourth-order valence-corrected chi connectivity index (χ4v) is 3.23. The number of unbranched alkanes of at least 4 members (excludes halogenated alkanes) is 1. The third kappa shape index (κ3) is 4.34. The fraction of sp³-hybridized carbons (Fsp3) is 0.471. The number of nitrogens with one attached hydrogen (secondary N) is 1. The van der Waals surface area contributed by atoms with Crippen molar-refractivity contribution in [2.75, 3.05) is 12.3 Å². The Kier molecular flexibility index (Phi) is 6.21. The van der Waals surface area contributed by atoms with E-state index < -0.39 is 0 Å². The van der Waals surface area contributed by atoms with E-state index in [1.54, 1.807) is 10.6 Å². The van der Waals surface area contributed by atoms with Gasteiger partial charge in [-0.25, -0.2) is 4.98 Å². The van der Waals surface area contributed by atoms with Crippen LogP contribution < -0.4 is 10.9 Å². The van der Waals surface area contributed by atoms with Crippen molar-refractivity contribution in [2.45, 2.75) is 44.8 Å². The molecule has 2 aromatic rings. The first-order valence-electron chi connectivity index (χ1n) is 7.95. The second-order valence-electron chi connectivity index (χ2n) is 5.67. The van der Waals surface area contributed by atoms with E-state index in [0.29, 0.717) is 22.6 Å². The van der Waals surface area contributed by atoms with Gasteiger partial charge in [-0.05, 0) is 32.4 Å². The summed E-state index contributed by atoms with van der Waals surface area (Å²) in [6, 6.07) is 7.30. The largest absolute Gasteiger partial charge is 0.355 e. The summed E-state index contributed by atoms with van der Waals surface area (Å²) in [5, 5.41) is 4.08. The van der Waals surface area contributed by atoms with E-state index in [2.05, 4.69) is 17.2 Å². The Hall–Kier alpha value is -1.82. The van der Waals surface area contributed by atoms with Gasteiger partial charge in [0.25, 0.3) is 5.56 Å². The summed E-state index contributed by atoms with van der Waals surface area (Å²) in [5.41, 5.74) is 0.614. The van der Waals surface area contributed by atoms with Crippen LogP contribution in [-0.4, -0.2) is 27.8 Å². The third-order valence-corrected chi connectivity index (χ3v) is 4.43. The maximum atomic E-state index is 12.7. The topological polar surface area (TPSA) is 64.0 Å². The van der Waals surface area contributed by atoms with Crippen LogP contribution in [0.25, 0.3) is 10.9 Å². The van der Waals surface area contributed by atoms with Crippen LogP contribution in [-0.2, 0) is 4.79 Å². The summed E-state index contributed by atoms with van der Waals surface area (Å²) >= 11 is 1.31. The number of nitrogens with zero attached hydrogens (tertiary/aromatic N) is 2. The Morgan fingerprint density at radius 2 is 2.09 bits per heavy atom. The summed E-state index contributed by atoms with van der Waals surface area (Å²) in [5.74, 6) is 0.238. The number of aromatic nitrogens is 2. The Labute approximate surface area is 140 Å². The Morgan fingerprint density at radius 1 is 1.35 bits per heavy atom. The lowest BCUT2D eigenvalue weighted by Gasteiger charge is -2.16. The van der Waals surface area contributed by atoms with Crippen molar-refractivity contribution in [3.8, 4) is 0 Å². The van der Waals surface area contributed by atoms with Crippen LogP contribution in [0.15, 0.2) is 34.2 Å². The van der Waals surface area contributed by atoms with Crippen molar-refractivity contribution in [1.82, 2.24) is 14.9 Å². The number of carbonyl (C=O) groups is 1. The standard InChI is InChI=1S/C17H23N3O2S/c1-4-5-10-18-15(21)11-23-17-19-14-9-7-6-8-13(14)16(22)20(17)12(2)3/h6-9,12H,4-5,10-11H2,1-3H3,(H,18,21). The van der Waals surface area contributed by atoms with Crippen molar-refractivity contribution in [3.63, 3.8) is 0 Å². The zero-order valence-corrected chi connectivity index (χ0v) is 14.7. The number of hydrogen-bond acceptors (Lipinski definition) is 4. The first-order valence-corrected chi connectivity index (χ1v) is 8.94. The van der Waals surface area contributed by atoms with Crippen LogP contribution in [0.3, 0.4) is 0 Å². The van der Waals surface area contributed by atoms with Gasteiger partial charge >= 0.3 is 0 Å². The lowest BCUT2D eigenvalue weighted by molar-refractivity contribution is -0.118. The lowest BCUT2D eigenvalue weighted by Crippen LogP contribution is -2.28. The molecule has 1 N–H and O–H groups in total. The molecule has 124 valence electrons. The maximum Gasteiger partial charge on any atom is 0.262 e. The van der Waals surface area contributed by atoms with E-state index >= 15 is 0 Å². The molecule has 1 heterocycles. The molecule has 0 saturated heterocycles. The van der Waals surface area contributed by atoms with Gasteiger partial charge in [0.15, 0.2) is 5.16 Å². The van der Waals surface area contributed by atoms with Crippen LogP contribution in [0.1, 0.15) is 39.7 Å². The van der Waals surface area contributed by atoms with Crippen LogP contribution >= 0.6 is 11.8 Å². The van der Waals surface area contributed by atoms with Crippen LogP contribution in [0.4, 0.5) is 0 Å². The third-order valence-electron chi connectivity index (χ3n) is 3.48. The maximum absolute atomic E-state index is 12.7. The zero-order chi connectivity index (χ0) is 16.8. The molecule has 6 heteroatoms. The molecule has 0 aliphatic heterocycles. The molecule has 0 spiro atoms. The molecule has 0 aliphatic carbocycles. The molecule has 23 heavy (non-hydrogen) atoms. The Bertz CT molecular complexity index is 740. The Morgan fingerprint density at radius 3 is 2.78 bits per heavy atom. The minimum absolute atomic E-state index is 0.00902. The number of fused-ring (bicyclic) bond motifs is 1. The molecule has 1 aromatic heterocycles. The number of carbonyl (C=O) groups excluding carboxylic acids is 1. The highest BCUT2D eigenvalue weighted by atomic mass is 32.2. The van der Waals surface area contributed by atoms with Gasteiger partial charge in [0.1, 0.15) is 0 Å². The lowest BCUT2D eigenvalue weighted by atomic mass is 10.2. The van der Waals surface area contributed by atoms with Gasteiger partial charge in [0, 0.05) is 12.6 Å². The molecule has 0 radical (unpaired) electrons. The van der Waals surface area contributed by atoms with E-state index in [-0.39, 0.29) is 23.3 Å². The molecule has 2 rings (SSSR count). The molecule has 0 bridgehead atoms. The summed E-state index contributed by atoms with van der Waals surface area (Å²) in [6.45, 7) is 6.67. The number of para-hydroxylation sites is 1. The van der Waals surface area contributed by atoms with Crippen LogP contribution in [0.2, 0.25) is 0 Å². The van der Waals surface area contributed by atoms with Gasteiger partial charge in [0.2, 0.25) is 5.91 Å². The van der Waals surface area contributed by atoms with Gasteiger partial charge in [0.05, 0.1) is 16.7 Å². The minimum atomic E-state index is -0.0560. The molecule has 0 fully saturated rings. The fourth-order valence-electron chi connectivity index (χ4n) is 2.27. The molecule has 5 nitrogen and oxygen atoms in total. The highest BCUT2D eigenvalue weighted by Crippen LogP contribution is 2.20. The van der Waals surface area contributed by atoms with Crippen LogP contribution in [0, 0.1) is 0 Å². The molecule has 0 atom stereocenters. The van der Waals surface area contributed by atoms with Gasteiger partial charge in [-0.2, -0.15) is 0 Å². The summed E-state index contributed by atoms with van der Waals surface area (Å²) in [4.78, 5) is 29.1. The van der Waals surface area contributed by atoms with E-state index in [4.69, 9.17) is 0 Å². The average molecular weight is 333 g/mol. The van der Waals surface area contributed by atoms with Crippen molar-refractivity contribution < 1.29 is 4.79 Å². The highest BCUT2D eigenvalue weighted by Gasteiger charge is 2.14. The van der Waals surface area contributed by atoms with Gasteiger partial charge < -0.3 is 5.32 Å². The van der Waals surface area contributed by atoms with Crippen molar-refractivity contribution >= 4 is 28.6 Å². The predicted molar refractivity (Wildman–Crippen MR) is 95.0 cm³/mol. The number of hydrogen-bond donors (Lipinski definition) is 1. The van der Waals surface area contributed by atoms with E-state index in [0.717, 1.165) is 12.8 Å². The number of thioether (sulfide) groups is 1. The SMILES string of the molecule is CCCCNC(=O)CSc1nc2ccccc2c(=O)n1C(C)C. The highest BCUT2D eigenvalue weighted by molar-refractivity contribution is 7.99. The predicted octanol–water partition coefficient (Wildman–Crippen LogP) is 2.99. The first-order chi connectivity index (χ1) is 11.0. The number of amides is 1. The second-order valence-corrected chi connectivity index (χ2v) is 6.62. The van der Waals surface area contributed by atoms with E-state index in [1.807, 2.05) is 32.0 Å². The smallest absolute Gasteiger partial charge is 0.262 e. The molecule has 0 aliphatic rings. The summed E-state index contributed by atoms with van der Waals surface area (Å²) < 4.78 is 1.66. The quantitative estimate of drug-likeness (QED) is 0.481. The van der Waals surface area contributed by atoms with Gasteiger partial charge in [-0.1, -0.05) is 37.2 Å². The van der Waals surface area contributed by atoms with Crippen LogP contribution in [0.5, 0.6) is 0 Å². The molecule has 0 saturated carbocycles. The first kappa shape index (κ1) is 17.5. The number of benzene rings is 1. The molecular formula is C17H23N3O2S. The summed E-state index contributed by atoms with van der Waals surface area (Å²) in [7, 11) is 0. The molecule has 0 unspecified atom stereocenters. The molecule has 1 aromatic carbocycles. The van der Waals surface area contributed by atoms with Crippen molar-refractivity contribution in [1.29, 1.82) is 0 Å². The van der Waals surface area contributed by atoms with Crippen molar-refractivity contribution in [2.24, 2.45) is 0 Å². The molecular weight excluding hydrogens is 310 g/mol. The zero-order valence-electron chi connectivity index (χ0n) is 13.8. The van der Waals surface area contributed by atoms with E-state index in [9.17, 15) is 9.59 Å². The van der Waals surface area contributed by atoms with Gasteiger partial charge in [-0.3, -0.25) is 14.2 Å². The normalized spacial score (nSPS) is 11.1. The number of rotatable bonds is 7. The van der Waals surface area contributed by atoms with Crippen molar-refractivity contribution in [3.05, 3.63) is 34.6 Å². The average Bonchev–Trinajstić information content (AvgIpc) is 2.53. The monoisotopic (exact) mass is 333 g/mol. The van der Waals surface area contributed by atoms with Gasteiger partial charge in [-0.15, -0.1) is 0 Å². The summed E-state index contributed by atoms with van der Waals surface area (Å²) in [6.07, 6.45) is 2.02. The molecule has 1 amide bonds. The van der Waals surface area contributed by atoms with E-state index in [1.165, 1.54) is 11.8 Å². The second kappa shape index (κ2) is 8.15. The Balaban J connectivity index is 2.24.